The van der Waals surface area contributed by atoms with Crippen molar-refractivity contribution in [1.29, 1.82) is 0 Å². The van der Waals surface area contributed by atoms with Gasteiger partial charge >= 0.3 is 5.97 Å². The number of aromatic amines is 1. The molecule has 0 saturated heterocycles. The van der Waals surface area contributed by atoms with Gasteiger partial charge in [0.15, 0.2) is 11.5 Å². The minimum atomic E-state index is -1.20. The second kappa shape index (κ2) is 16.0. The lowest BCUT2D eigenvalue weighted by Crippen LogP contribution is -2.49. The van der Waals surface area contributed by atoms with Gasteiger partial charge in [0.1, 0.15) is 12.1 Å². The number of para-hydroxylation sites is 1. The minimum absolute atomic E-state index is 0.0696. The fraction of sp³-hybridized carbons (Fsp3) is 0.351. The third-order valence-electron chi connectivity index (χ3n) is 8.89. The lowest BCUT2D eigenvalue weighted by Gasteiger charge is -2.21. The van der Waals surface area contributed by atoms with Crippen LogP contribution in [0.3, 0.4) is 0 Å². The number of H-pyrrole nitrogens is 1. The van der Waals surface area contributed by atoms with Crippen molar-refractivity contribution in [2.75, 3.05) is 38.7 Å². The van der Waals surface area contributed by atoms with Gasteiger partial charge in [0.05, 0.1) is 33.1 Å². The first-order valence-corrected chi connectivity index (χ1v) is 17.6. The van der Waals surface area contributed by atoms with Crippen LogP contribution in [0, 0.1) is 0 Å². The SMILES string of the molecule is COc1cc2c(c(OC)c1OC)-c1ccc(NC(CCSC)C(=O)NC(Cc3c[nH]c4ccccc34)C(=O)O)c(=O)cc1C(NC(C)=O)CC2. The average molecular weight is 703 g/mol. The minimum Gasteiger partial charge on any atom is -0.493 e. The lowest BCUT2D eigenvalue weighted by molar-refractivity contribution is -0.141. The molecule has 264 valence electrons. The molecule has 3 unspecified atom stereocenters. The Morgan fingerprint density at radius 1 is 1.02 bits per heavy atom. The number of carbonyl (C=O) groups excluding carboxylic acids is 2. The molecular weight excluding hydrogens is 660 g/mol. The van der Waals surface area contributed by atoms with E-state index >= 15 is 0 Å². The first kappa shape index (κ1) is 36.1. The summed E-state index contributed by atoms with van der Waals surface area (Å²) in [5.74, 6) is -0.0890. The van der Waals surface area contributed by atoms with Crippen LogP contribution in [0.4, 0.5) is 5.69 Å². The lowest BCUT2D eigenvalue weighted by atomic mass is 9.95. The molecule has 5 rings (SSSR count). The van der Waals surface area contributed by atoms with Crippen molar-refractivity contribution in [2.24, 2.45) is 0 Å². The molecule has 4 aromatic rings. The highest BCUT2D eigenvalue weighted by atomic mass is 32.2. The highest BCUT2D eigenvalue weighted by Crippen LogP contribution is 2.50. The molecule has 1 aliphatic carbocycles. The van der Waals surface area contributed by atoms with Crippen molar-refractivity contribution >= 4 is 46.1 Å². The molecule has 2 amide bonds. The molecule has 5 N–H and O–H groups in total. The number of rotatable bonds is 14. The van der Waals surface area contributed by atoms with E-state index in [0.717, 1.165) is 22.0 Å². The second-order valence-corrected chi connectivity index (χ2v) is 13.0. The zero-order valence-corrected chi connectivity index (χ0v) is 29.5. The second-order valence-electron chi connectivity index (χ2n) is 12.0. The van der Waals surface area contributed by atoms with Gasteiger partial charge in [-0.2, -0.15) is 11.8 Å². The number of aryl methyl sites for hydroxylation is 1. The van der Waals surface area contributed by atoms with Gasteiger partial charge in [-0.15, -0.1) is 0 Å². The molecule has 3 aromatic carbocycles. The standard InChI is InChI=1S/C37H42N4O8S/c1-20(42)39-27-12-10-21-17-32(47-2)34(48-3)35(49-4)33(21)24-11-13-28(31(43)18-25(24)27)40-29(14-15-50-5)36(44)41-30(37(45)46)16-22-19-38-26-9-7-6-8-23(22)26/h6-9,11,13,17-19,27,29-30,38H,10,12,14-16H2,1-5H3,(H,39,42)(H,40,43)(H,41,44)(H,45,46). The van der Waals surface area contributed by atoms with E-state index in [2.05, 4.69) is 20.9 Å². The third kappa shape index (κ3) is 7.67. The number of carboxylic acid groups (broad SMARTS) is 1. The van der Waals surface area contributed by atoms with E-state index in [1.807, 2.05) is 36.6 Å². The van der Waals surface area contributed by atoms with Gasteiger partial charge in [-0.3, -0.25) is 14.4 Å². The first-order chi connectivity index (χ1) is 24.1. The summed E-state index contributed by atoms with van der Waals surface area (Å²) in [5.41, 5.74) is 4.19. The maximum atomic E-state index is 13.9. The summed E-state index contributed by atoms with van der Waals surface area (Å²) in [4.78, 5) is 55.5. The number of nitrogens with one attached hydrogen (secondary N) is 4. The molecule has 3 atom stereocenters. The summed E-state index contributed by atoms with van der Waals surface area (Å²) in [6.45, 7) is 1.43. The summed E-state index contributed by atoms with van der Waals surface area (Å²) < 4.78 is 17.1. The van der Waals surface area contributed by atoms with E-state index in [0.29, 0.717) is 59.0 Å². The molecule has 0 fully saturated rings. The smallest absolute Gasteiger partial charge is 0.326 e. The monoisotopic (exact) mass is 702 g/mol. The average Bonchev–Trinajstić information content (AvgIpc) is 3.36. The number of hydrogen-bond donors (Lipinski definition) is 5. The van der Waals surface area contributed by atoms with Crippen molar-refractivity contribution in [1.82, 2.24) is 15.6 Å². The summed E-state index contributed by atoms with van der Waals surface area (Å²) in [6.07, 6.45) is 5.10. The molecule has 0 radical (unpaired) electrons. The van der Waals surface area contributed by atoms with Crippen LogP contribution in [0.1, 0.15) is 42.5 Å². The van der Waals surface area contributed by atoms with Crippen LogP contribution in [0.2, 0.25) is 0 Å². The number of carbonyl (C=O) groups is 3. The normalized spacial score (nSPS) is 14.7. The van der Waals surface area contributed by atoms with Crippen LogP contribution in [0.25, 0.3) is 22.0 Å². The molecule has 1 aliphatic rings. The Balaban J connectivity index is 1.53. The van der Waals surface area contributed by atoms with Crippen LogP contribution in [0.5, 0.6) is 17.2 Å². The Morgan fingerprint density at radius 3 is 2.46 bits per heavy atom. The van der Waals surface area contributed by atoms with Gasteiger partial charge in [-0.1, -0.05) is 24.3 Å². The number of carboxylic acids is 1. The van der Waals surface area contributed by atoms with Crippen molar-refractivity contribution in [3.8, 4) is 28.4 Å². The Morgan fingerprint density at radius 2 is 1.78 bits per heavy atom. The van der Waals surface area contributed by atoms with Gasteiger partial charge in [0.25, 0.3) is 0 Å². The Bertz CT molecular complexity index is 1960. The topological polar surface area (TPSA) is 168 Å². The van der Waals surface area contributed by atoms with E-state index in [1.165, 1.54) is 39.0 Å². The zero-order valence-electron chi connectivity index (χ0n) is 28.7. The number of fused-ring (bicyclic) bond motifs is 4. The summed E-state index contributed by atoms with van der Waals surface area (Å²) in [6, 6.07) is 11.7. The predicted molar refractivity (Wildman–Crippen MR) is 195 cm³/mol. The number of hydrogen-bond acceptors (Lipinski definition) is 9. The molecule has 1 aromatic heterocycles. The number of aliphatic carboxylic acids is 1. The number of ether oxygens (including phenoxy) is 3. The maximum Gasteiger partial charge on any atom is 0.326 e. The Kier molecular flexibility index (Phi) is 11.6. The fourth-order valence-corrected chi connectivity index (χ4v) is 6.98. The van der Waals surface area contributed by atoms with Gasteiger partial charge in [-0.05, 0) is 77.8 Å². The molecule has 0 saturated carbocycles. The first-order valence-electron chi connectivity index (χ1n) is 16.2. The van der Waals surface area contributed by atoms with Crippen LogP contribution < -0.4 is 35.6 Å². The molecule has 12 nitrogen and oxygen atoms in total. The van der Waals surface area contributed by atoms with Crippen molar-refractivity contribution in [2.45, 2.75) is 50.7 Å². The van der Waals surface area contributed by atoms with Gasteiger partial charge in [0.2, 0.25) is 23.0 Å². The van der Waals surface area contributed by atoms with E-state index in [1.54, 1.807) is 25.4 Å². The number of anilines is 1. The maximum absolute atomic E-state index is 13.9. The highest BCUT2D eigenvalue weighted by molar-refractivity contribution is 7.98. The number of methoxy groups -OCH3 is 3. The number of thioether (sulfide) groups is 1. The molecular formula is C37H42N4O8S. The number of aromatic nitrogens is 1. The van der Waals surface area contributed by atoms with Gasteiger partial charge in [-0.25, -0.2) is 4.79 Å². The van der Waals surface area contributed by atoms with Crippen LogP contribution in [-0.2, 0) is 27.2 Å². The van der Waals surface area contributed by atoms with Crippen LogP contribution >= 0.6 is 11.8 Å². The largest absolute Gasteiger partial charge is 0.493 e. The Labute approximate surface area is 294 Å². The van der Waals surface area contributed by atoms with E-state index < -0.39 is 35.4 Å². The molecule has 0 spiro atoms. The van der Waals surface area contributed by atoms with Crippen LogP contribution in [-0.4, -0.2) is 73.3 Å². The summed E-state index contributed by atoms with van der Waals surface area (Å²) >= 11 is 1.53. The summed E-state index contributed by atoms with van der Waals surface area (Å²) in [7, 11) is 4.59. The van der Waals surface area contributed by atoms with E-state index in [9.17, 15) is 24.3 Å². The summed E-state index contributed by atoms with van der Waals surface area (Å²) in [5, 5.41) is 19.8. The van der Waals surface area contributed by atoms with Crippen LogP contribution in [0.15, 0.2) is 59.5 Å². The molecule has 13 heteroatoms. The highest BCUT2D eigenvalue weighted by Gasteiger charge is 2.31. The molecule has 50 heavy (non-hydrogen) atoms. The van der Waals surface area contributed by atoms with Crippen molar-refractivity contribution in [3.63, 3.8) is 0 Å². The molecule has 0 bridgehead atoms. The molecule has 0 aliphatic heterocycles. The molecule has 1 heterocycles. The Hall–Kier alpha value is -5.17. The zero-order chi connectivity index (χ0) is 35.9. The van der Waals surface area contributed by atoms with Crippen molar-refractivity contribution < 1.29 is 33.7 Å². The number of amides is 2. The fourth-order valence-electron chi connectivity index (χ4n) is 6.51. The van der Waals surface area contributed by atoms with E-state index in [-0.39, 0.29) is 18.0 Å². The quantitative estimate of drug-likeness (QED) is 0.124. The van der Waals surface area contributed by atoms with Gasteiger partial charge < -0.3 is 40.3 Å². The predicted octanol–water partition coefficient (Wildman–Crippen LogP) is 4.69. The van der Waals surface area contributed by atoms with Crippen molar-refractivity contribution in [3.05, 3.63) is 81.6 Å². The van der Waals surface area contributed by atoms with E-state index in [4.69, 9.17) is 14.2 Å². The third-order valence-corrected chi connectivity index (χ3v) is 9.53. The number of benzene rings is 2. The van der Waals surface area contributed by atoms with Gasteiger partial charge in [0, 0.05) is 36.0 Å².